The minimum atomic E-state index is -0.0398. The first-order valence-corrected chi connectivity index (χ1v) is 6.35. The van der Waals surface area contributed by atoms with Crippen LogP contribution in [0.5, 0.6) is 0 Å². The van der Waals surface area contributed by atoms with Crippen molar-refractivity contribution in [3.05, 3.63) is 12.4 Å². The van der Waals surface area contributed by atoms with Gasteiger partial charge in [0.15, 0.2) is 0 Å². The highest BCUT2D eigenvalue weighted by molar-refractivity contribution is 5.75. The average molecular weight is 251 g/mol. The summed E-state index contributed by atoms with van der Waals surface area (Å²) in [6, 6.07) is 0.474. The van der Waals surface area contributed by atoms with Gasteiger partial charge in [-0.3, -0.25) is 9.48 Å². The number of nitrogens with zero attached hydrogens (tertiary/aromatic N) is 3. The molecule has 1 aliphatic heterocycles. The third-order valence-corrected chi connectivity index (χ3v) is 3.21. The zero-order chi connectivity index (χ0) is 13.0. The van der Waals surface area contributed by atoms with E-state index in [9.17, 15) is 4.79 Å². The molecule has 1 aromatic heterocycles. The topological polar surface area (TPSA) is 62.2 Å². The number of aromatic nitrogens is 2. The third-order valence-electron chi connectivity index (χ3n) is 3.21. The molecule has 1 amide bonds. The zero-order valence-corrected chi connectivity index (χ0v) is 11.0. The van der Waals surface area contributed by atoms with Gasteiger partial charge in [0.2, 0.25) is 5.91 Å². The molecule has 0 aromatic carbocycles. The van der Waals surface area contributed by atoms with Crippen molar-refractivity contribution in [2.45, 2.75) is 25.4 Å². The molecule has 1 saturated heterocycles. The SMILES string of the molecule is CNC(=O)Cn1cc(NC2CCCN(C)C2)cn1. The molecular weight excluding hydrogens is 230 g/mol. The van der Waals surface area contributed by atoms with Crippen molar-refractivity contribution in [1.82, 2.24) is 20.0 Å². The second-order valence-electron chi connectivity index (χ2n) is 4.85. The van der Waals surface area contributed by atoms with Crippen LogP contribution in [0.3, 0.4) is 0 Å². The van der Waals surface area contributed by atoms with E-state index >= 15 is 0 Å². The summed E-state index contributed by atoms with van der Waals surface area (Å²) >= 11 is 0. The second kappa shape index (κ2) is 5.86. The molecule has 0 saturated carbocycles. The molecule has 6 heteroatoms. The number of hydrogen-bond donors (Lipinski definition) is 2. The van der Waals surface area contributed by atoms with Crippen molar-refractivity contribution < 1.29 is 4.79 Å². The summed E-state index contributed by atoms with van der Waals surface area (Å²) in [4.78, 5) is 13.6. The number of anilines is 1. The highest BCUT2D eigenvalue weighted by Crippen LogP contribution is 2.14. The van der Waals surface area contributed by atoms with E-state index < -0.39 is 0 Å². The van der Waals surface area contributed by atoms with E-state index in [-0.39, 0.29) is 12.5 Å². The first kappa shape index (κ1) is 12.9. The summed E-state index contributed by atoms with van der Waals surface area (Å²) in [6.07, 6.45) is 6.06. The number of piperidine rings is 1. The largest absolute Gasteiger partial charge is 0.378 e. The lowest BCUT2D eigenvalue weighted by atomic mass is 10.1. The Balaban J connectivity index is 1.88. The fourth-order valence-electron chi connectivity index (χ4n) is 2.27. The van der Waals surface area contributed by atoms with Crippen molar-refractivity contribution in [2.24, 2.45) is 0 Å². The lowest BCUT2D eigenvalue weighted by Crippen LogP contribution is -2.39. The van der Waals surface area contributed by atoms with Crippen LogP contribution in [0, 0.1) is 0 Å². The summed E-state index contributed by atoms with van der Waals surface area (Å²) < 4.78 is 1.65. The summed E-state index contributed by atoms with van der Waals surface area (Å²) in [7, 11) is 3.77. The summed E-state index contributed by atoms with van der Waals surface area (Å²) in [5.74, 6) is -0.0398. The molecule has 0 bridgehead atoms. The zero-order valence-electron chi connectivity index (χ0n) is 11.0. The molecular formula is C12H21N5O. The van der Waals surface area contributed by atoms with Gasteiger partial charge in [-0.05, 0) is 26.4 Å². The van der Waals surface area contributed by atoms with Crippen LogP contribution in [-0.2, 0) is 11.3 Å². The van der Waals surface area contributed by atoms with E-state index in [1.165, 1.54) is 19.4 Å². The number of hydrogen-bond acceptors (Lipinski definition) is 4. The van der Waals surface area contributed by atoms with Gasteiger partial charge in [0.05, 0.1) is 11.9 Å². The number of likely N-dealkylation sites (tertiary alicyclic amines) is 1. The van der Waals surface area contributed by atoms with E-state index in [1.807, 2.05) is 6.20 Å². The summed E-state index contributed by atoms with van der Waals surface area (Å²) in [6.45, 7) is 2.50. The molecule has 1 atom stereocenters. The van der Waals surface area contributed by atoms with Gasteiger partial charge in [-0.15, -0.1) is 0 Å². The third kappa shape index (κ3) is 3.46. The Morgan fingerprint density at radius 3 is 3.17 bits per heavy atom. The van der Waals surface area contributed by atoms with Crippen LogP contribution in [0.25, 0.3) is 0 Å². The fourth-order valence-corrected chi connectivity index (χ4v) is 2.27. The van der Waals surface area contributed by atoms with Gasteiger partial charge in [-0.2, -0.15) is 5.10 Å². The predicted octanol–water partition coefficient (Wildman–Crippen LogP) is 0.135. The molecule has 0 aliphatic carbocycles. The quantitative estimate of drug-likeness (QED) is 0.799. The Kier molecular flexibility index (Phi) is 4.19. The molecule has 100 valence electrons. The molecule has 1 aromatic rings. The lowest BCUT2D eigenvalue weighted by Gasteiger charge is -2.30. The van der Waals surface area contributed by atoms with E-state index in [1.54, 1.807) is 17.9 Å². The van der Waals surface area contributed by atoms with Gasteiger partial charge in [0.1, 0.15) is 6.54 Å². The maximum atomic E-state index is 11.2. The first-order valence-electron chi connectivity index (χ1n) is 6.35. The van der Waals surface area contributed by atoms with Crippen molar-refractivity contribution in [1.29, 1.82) is 0 Å². The Labute approximate surface area is 107 Å². The number of carbonyl (C=O) groups is 1. The van der Waals surface area contributed by atoms with E-state index in [0.29, 0.717) is 6.04 Å². The van der Waals surface area contributed by atoms with Crippen LogP contribution >= 0.6 is 0 Å². The van der Waals surface area contributed by atoms with E-state index in [0.717, 1.165) is 12.2 Å². The van der Waals surface area contributed by atoms with E-state index in [4.69, 9.17) is 0 Å². The van der Waals surface area contributed by atoms with Crippen molar-refractivity contribution >= 4 is 11.6 Å². The lowest BCUT2D eigenvalue weighted by molar-refractivity contribution is -0.121. The molecule has 2 N–H and O–H groups in total. The van der Waals surface area contributed by atoms with Gasteiger partial charge in [-0.25, -0.2) is 0 Å². The number of amides is 1. The molecule has 6 nitrogen and oxygen atoms in total. The number of nitrogens with one attached hydrogen (secondary N) is 2. The minimum absolute atomic E-state index is 0.0398. The maximum absolute atomic E-state index is 11.2. The molecule has 0 radical (unpaired) electrons. The predicted molar refractivity (Wildman–Crippen MR) is 70.4 cm³/mol. The number of rotatable bonds is 4. The number of carbonyl (C=O) groups excluding carboxylic acids is 1. The highest BCUT2D eigenvalue weighted by atomic mass is 16.1. The summed E-state index contributed by atoms with van der Waals surface area (Å²) in [5, 5.41) is 10.2. The van der Waals surface area contributed by atoms with Gasteiger partial charge in [0, 0.05) is 25.8 Å². The average Bonchev–Trinajstić information content (AvgIpc) is 2.76. The number of likely N-dealkylation sites (N-methyl/N-ethyl adjacent to an activating group) is 2. The smallest absolute Gasteiger partial charge is 0.241 e. The van der Waals surface area contributed by atoms with Gasteiger partial charge >= 0.3 is 0 Å². The second-order valence-corrected chi connectivity index (χ2v) is 4.85. The minimum Gasteiger partial charge on any atom is -0.378 e. The van der Waals surface area contributed by atoms with Crippen LogP contribution in [0.2, 0.25) is 0 Å². The van der Waals surface area contributed by atoms with Gasteiger partial charge in [-0.1, -0.05) is 0 Å². The molecule has 2 rings (SSSR count). The van der Waals surface area contributed by atoms with Crippen LogP contribution in [0.4, 0.5) is 5.69 Å². The van der Waals surface area contributed by atoms with E-state index in [2.05, 4.69) is 27.7 Å². The monoisotopic (exact) mass is 251 g/mol. The Hall–Kier alpha value is -1.56. The Morgan fingerprint density at radius 2 is 2.44 bits per heavy atom. The molecule has 1 fully saturated rings. The highest BCUT2D eigenvalue weighted by Gasteiger charge is 2.17. The summed E-state index contributed by atoms with van der Waals surface area (Å²) in [5.41, 5.74) is 0.985. The Bertz CT molecular complexity index is 403. The van der Waals surface area contributed by atoms with Gasteiger partial charge in [0.25, 0.3) is 0 Å². The molecule has 1 aliphatic rings. The first-order chi connectivity index (χ1) is 8.67. The van der Waals surface area contributed by atoms with Crippen LogP contribution < -0.4 is 10.6 Å². The van der Waals surface area contributed by atoms with Crippen LogP contribution in [-0.4, -0.2) is 53.8 Å². The van der Waals surface area contributed by atoms with Crippen molar-refractivity contribution in [2.75, 3.05) is 32.5 Å². The Morgan fingerprint density at radius 1 is 1.61 bits per heavy atom. The standard InChI is InChI=1S/C12H21N5O/c1-13-12(18)9-17-8-11(6-14-17)15-10-4-3-5-16(2)7-10/h6,8,10,15H,3-5,7,9H2,1-2H3,(H,13,18). The normalized spacial score (nSPS) is 20.7. The van der Waals surface area contributed by atoms with Crippen LogP contribution in [0.1, 0.15) is 12.8 Å². The van der Waals surface area contributed by atoms with Crippen molar-refractivity contribution in [3.8, 4) is 0 Å². The molecule has 2 heterocycles. The maximum Gasteiger partial charge on any atom is 0.241 e. The molecule has 18 heavy (non-hydrogen) atoms. The molecule has 0 spiro atoms. The van der Waals surface area contributed by atoms with Crippen LogP contribution in [0.15, 0.2) is 12.4 Å². The fraction of sp³-hybridized carbons (Fsp3) is 0.667. The van der Waals surface area contributed by atoms with Crippen molar-refractivity contribution in [3.63, 3.8) is 0 Å². The van der Waals surface area contributed by atoms with Gasteiger partial charge < -0.3 is 15.5 Å². The molecule has 1 unspecified atom stereocenters.